The fourth-order valence-corrected chi connectivity index (χ4v) is 3.47. The van der Waals surface area contributed by atoms with E-state index in [1.807, 2.05) is 63.2 Å². The van der Waals surface area contributed by atoms with E-state index in [4.69, 9.17) is 4.74 Å². The number of nitrogens with zero attached hydrogens (tertiary/aromatic N) is 2. The zero-order valence-electron chi connectivity index (χ0n) is 14.8. The summed E-state index contributed by atoms with van der Waals surface area (Å²) >= 11 is 0. The second kappa shape index (κ2) is 5.66. The lowest BCUT2D eigenvalue weighted by Crippen LogP contribution is -2.46. The van der Waals surface area contributed by atoms with E-state index in [2.05, 4.69) is 23.2 Å². The minimum atomic E-state index is -0.545. The molecule has 4 nitrogen and oxygen atoms in total. The normalized spacial score (nSPS) is 18.7. The molecule has 0 unspecified atom stereocenters. The van der Waals surface area contributed by atoms with Crippen LogP contribution in [-0.2, 0) is 11.2 Å². The average Bonchev–Trinajstić information content (AvgIpc) is 3.09. The van der Waals surface area contributed by atoms with Gasteiger partial charge >= 0.3 is 6.09 Å². The lowest BCUT2D eigenvalue weighted by molar-refractivity contribution is 0.0343. The molecule has 2 aliphatic rings. The fraction of sp³-hybridized carbons (Fsp3) is 0.286. The fourth-order valence-electron chi connectivity index (χ4n) is 3.47. The van der Waals surface area contributed by atoms with E-state index in [9.17, 15) is 4.79 Å². The highest BCUT2D eigenvalue weighted by atomic mass is 16.6. The van der Waals surface area contributed by atoms with Gasteiger partial charge in [-0.25, -0.2) is 4.79 Å². The minimum Gasteiger partial charge on any atom is -0.442 e. The maximum Gasteiger partial charge on any atom is 0.434 e. The van der Waals surface area contributed by atoms with E-state index in [1.54, 1.807) is 5.01 Å². The monoisotopic (exact) mass is 334 g/mol. The first-order valence-electron chi connectivity index (χ1n) is 8.61. The Morgan fingerprint density at radius 2 is 1.72 bits per heavy atom. The molecule has 2 aromatic carbocycles. The topological polar surface area (TPSA) is 32.8 Å². The largest absolute Gasteiger partial charge is 0.442 e. The number of para-hydroxylation sites is 1. The summed E-state index contributed by atoms with van der Waals surface area (Å²) in [5.41, 5.74) is 3.68. The Kier molecular flexibility index (Phi) is 3.57. The molecule has 0 radical (unpaired) electrons. The van der Waals surface area contributed by atoms with Crippen molar-refractivity contribution in [2.24, 2.45) is 0 Å². The maximum absolute atomic E-state index is 13.0. The van der Waals surface area contributed by atoms with E-state index in [0.717, 1.165) is 23.4 Å². The van der Waals surface area contributed by atoms with Crippen LogP contribution in [0.25, 0.3) is 5.70 Å². The quantitative estimate of drug-likeness (QED) is 0.762. The number of ether oxygens (including phenoxy) is 1. The molecule has 128 valence electrons. The number of hydrazine groups is 1. The van der Waals surface area contributed by atoms with Crippen molar-refractivity contribution in [1.82, 2.24) is 5.01 Å². The Bertz CT molecular complexity index is 836. The predicted octanol–water partition coefficient (Wildman–Crippen LogP) is 4.62. The van der Waals surface area contributed by atoms with Crippen molar-refractivity contribution >= 4 is 17.5 Å². The molecular formula is C21H22N2O2. The molecule has 0 bridgehead atoms. The number of benzene rings is 2. The van der Waals surface area contributed by atoms with Gasteiger partial charge in [-0.3, -0.25) is 5.01 Å². The van der Waals surface area contributed by atoms with Gasteiger partial charge in [0.15, 0.2) is 0 Å². The Hall–Kier alpha value is -2.75. The molecule has 1 amide bonds. The minimum absolute atomic E-state index is 0.139. The molecule has 0 aromatic heterocycles. The molecule has 1 atom stereocenters. The van der Waals surface area contributed by atoms with Crippen LogP contribution in [0.5, 0.6) is 0 Å². The van der Waals surface area contributed by atoms with Gasteiger partial charge in [0.1, 0.15) is 5.60 Å². The van der Waals surface area contributed by atoms with Gasteiger partial charge in [-0.2, -0.15) is 5.01 Å². The number of hydrogen-bond acceptors (Lipinski definition) is 3. The Labute approximate surface area is 148 Å². The summed E-state index contributed by atoms with van der Waals surface area (Å²) in [4.78, 5) is 13.0. The smallest absolute Gasteiger partial charge is 0.434 e. The van der Waals surface area contributed by atoms with E-state index in [0.29, 0.717) is 0 Å². The van der Waals surface area contributed by atoms with Gasteiger partial charge in [0, 0.05) is 12.0 Å². The Morgan fingerprint density at radius 1 is 1.04 bits per heavy atom. The van der Waals surface area contributed by atoms with Crippen LogP contribution in [0.15, 0.2) is 60.7 Å². The van der Waals surface area contributed by atoms with Crippen molar-refractivity contribution in [1.29, 1.82) is 0 Å². The lowest BCUT2D eigenvalue weighted by atomic mass is 10.1. The summed E-state index contributed by atoms with van der Waals surface area (Å²) in [7, 11) is 0. The standard InChI is InChI=1S/C21H22N2O2/c1-21(2,3)25-20(24)23-19(15-9-5-4-6-10-15)14-17-13-16-11-7-8-12-18(16)22(17)23/h4-12,14,17H,13H2,1-3H3/t17-/m0/s1. The Morgan fingerprint density at radius 3 is 2.44 bits per heavy atom. The molecule has 4 heteroatoms. The number of fused-ring (bicyclic) bond motifs is 3. The van der Waals surface area contributed by atoms with Crippen molar-refractivity contribution < 1.29 is 9.53 Å². The molecule has 25 heavy (non-hydrogen) atoms. The SMILES string of the molecule is CC(C)(C)OC(=O)N1C(c2ccccc2)=C[C@@H]2Cc3ccccc3N21. The van der Waals surface area contributed by atoms with Crippen LogP contribution in [0.2, 0.25) is 0 Å². The molecule has 2 aromatic rings. The molecule has 0 saturated carbocycles. The third kappa shape index (κ3) is 2.78. The van der Waals surface area contributed by atoms with Gasteiger partial charge in [-0.15, -0.1) is 0 Å². The highest BCUT2D eigenvalue weighted by Gasteiger charge is 2.43. The highest BCUT2D eigenvalue weighted by Crippen LogP contribution is 2.42. The molecule has 0 aliphatic carbocycles. The third-order valence-electron chi connectivity index (χ3n) is 4.41. The first-order valence-corrected chi connectivity index (χ1v) is 8.61. The number of amides is 1. The average molecular weight is 334 g/mol. The number of carbonyl (C=O) groups excluding carboxylic acids is 1. The van der Waals surface area contributed by atoms with Gasteiger partial charge in [0.05, 0.1) is 17.4 Å². The van der Waals surface area contributed by atoms with Gasteiger partial charge < -0.3 is 4.74 Å². The van der Waals surface area contributed by atoms with Crippen molar-refractivity contribution in [2.75, 3.05) is 5.01 Å². The van der Waals surface area contributed by atoms with Gasteiger partial charge in [0.25, 0.3) is 0 Å². The van der Waals surface area contributed by atoms with Crippen LogP contribution in [0.3, 0.4) is 0 Å². The van der Waals surface area contributed by atoms with Crippen molar-refractivity contribution in [3.05, 3.63) is 71.8 Å². The molecule has 0 N–H and O–H groups in total. The van der Waals surface area contributed by atoms with Crippen LogP contribution < -0.4 is 5.01 Å². The van der Waals surface area contributed by atoms with Crippen LogP contribution in [-0.4, -0.2) is 22.7 Å². The van der Waals surface area contributed by atoms with Gasteiger partial charge in [0.2, 0.25) is 0 Å². The molecule has 2 heterocycles. The summed E-state index contributed by atoms with van der Waals surface area (Å²) in [5, 5.41) is 3.75. The maximum atomic E-state index is 13.0. The summed E-state index contributed by atoms with van der Waals surface area (Å²) in [6, 6.07) is 18.4. The molecule has 4 rings (SSSR count). The molecule has 0 spiro atoms. The number of rotatable bonds is 1. The first kappa shape index (κ1) is 15.8. The van der Waals surface area contributed by atoms with Gasteiger partial charge in [-0.05, 0) is 38.5 Å². The summed E-state index contributed by atoms with van der Waals surface area (Å²) in [6.07, 6.45) is 2.72. The molecular weight excluding hydrogens is 312 g/mol. The molecule has 0 saturated heterocycles. The van der Waals surface area contributed by atoms with Crippen molar-refractivity contribution in [3.8, 4) is 0 Å². The van der Waals surface area contributed by atoms with E-state index >= 15 is 0 Å². The zero-order valence-corrected chi connectivity index (χ0v) is 14.8. The van der Waals surface area contributed by atoms with E-state index < -0.39 is 5.60 Å². The summed E-state index contributed by atoms with van der Waals surface area (Å²) < 4.78 is 5.70. The Balaban J connectivity index is 1.77. The predicted molar refractivity (Wildman–Crippen MR) is 98.9 cm³/mol. The highest BCUT2D eigenvalue weighted by molar-refractivity contribution is 5.89. The molecule has 2 aliphatic heterocycles. The number of carbonyl (C=O) groups is 1. The lowest BCUT2D eigenvalue weighted by Gasteiger charge is -2.34. The van der Waals surface area contributed by atoms with Crippen molar-refractivity contribution in [2.45, 2.75) is 38.8 Å². The third-order valence-corrected chi connectivity index (χ3v) is 4.41. The second-order valence-electron chi connectivity index (χ2n) is 7.45. The number of hydrogen-bond donors (Lipinski definition) is 0. The van der Waals surface area contributed by atoms with Gasteiger partial charge in [-0.1, -0.05) is 48.5 Å². The first-order chi connectivity index (χ1) is 11.9. The van der Waals surface area contributed by atoms with Crippen LogP contribution >= 0.6 is 0 Å². The van der Waals surface area contributed by atoms with Crippen LogP contribution in [0.4, 0.5) is 10.5 Å². The van der Waals surface area contributed by atoms with Crippen LogP contribution in [0.1, 0.15) is 31.9 Å². The molecule has 0 fully saturated rings. The van der Waals surface area contributed by atoms with Crippen LogP contribution in [0, 0.1) is 0 Å². The van der Waals surface area contributed by atoms with Crippen molar-refractivity contribution in [3.63, 3.8) is 0 Å². The summed E-state index contributed by atoms with van der Waals surface area (Å²) in [6.45, 7) is 5.67. The second-order valence-corrected chi connectivity index (χ2v) is 7.45. The summed E-state index contributed by atoms with van der Waals surface area (Å²) in [5.74, 6) is 0. The zero-order chi connectivity index (χ0) is 17.6. The van der Waals surface area contributed by atoms with E-state index in [1.165, 1.54) is 5.56 Å². The van der Waals surface area contributed by atoms with E-state index in [-0.39, 0.29) is 12.1 Å². The number of anilines is 1.